The molecule has 44 heavy (non-hydrogen) atoms. The van der Waals surface area contributed by atoms with Crippen LogP contribution in [0.4, 0.5) is 0 Å². The number of rotatable bonds is 14. The summed E-state index contributed by atoms with van der Waals surface area (Å²) in [5, 5.41) is 12.6. The summed E-state index contributed by atoms with van der Waals surface area (Å²) in [7, 11) is 0. The number of esters is 1. The van der Waals surface area contributed by atoms with Crippen LogP contribution in [-0.4, -0.2) is 87.6 Å². The molecule has 0 aromatic heterocycles. The topological polar surface area (TPSA) is 125 Å². The van der Waals surface area contributed by atoms with E-state index in [0.29, 0.717) is 24.8 Å². The van der Waals surface area contributed by atoms with Crippen LogP contribution in [-0.2, 0) is 28.7 Å². The van der Waals surface area contributed by atoms with Crippen LogP contribution in [0.5, 0.6) is 0 Å². The maximum Gasteiger partial charge on any atom is 0.313 e. The van der Waals surface area contributed by atoms with E-state index in [0.717, 1.165) is 0 Å². The van der Waals surface area contributed by atoms with E-state index in [9.17, 15) is 24.3 Å². The molecule has 0 unspecified atom stereocenters. The number of fused-ring (bicyclic) bond motifs is 1. The lowest BCUT2D eigenvalue weighted by molar-refractivity contribution is -0.162. The smallest absolute Gasteiger partial charge is 0.313 e. The number of ether oxygens (including phenoxy) is 2. The zero-order valence-corrected chi connectivity index (χ0v) is 26.4. The first-order chi connectivity index (χ1) is 20.9. The number of allylic oxidation sites excluding steroid dienone is 1. The Bertz CT molecular complexity index is 1250. The molecule has 2 N–H and O–H groups in total. The average molecular weight is 610 g/mol. The van der Waals surface area contributed by atoms with Gasteiger partial charge in [-0.1, -0.05) is 42.5 Å². The minimum absolute atomic E-state index is 0.151. The maximum absolute atomic E-state index is 14.3. The zero-order chi connectivity index (χ0) is 32.2. The van der Waals surface area contributed by atoms with Gasteiger partial charge in [0.15, 0.2) is 0 Å². The van der Waals surface area contributed by atoms with Crippen molar-refractivity contribution in [3.8, 4) is 0 Å². The number of carbonyl (C=O) groups excluding carboxylic acids is 4. The first kappa shape index (κ1) is 33.4. The lowest BCUT2D eigenvalue weighted by atomic mass is 9.70. The highest BCUT2D eigenvalue weighted by Gasteiger charge is 2.75. The number of nitrogens with one attached hydrogen (secondary N) is 1. The summed E-state index contributed by atoms with van der Waals surface area (Å²) in [5.41, 5.74) is -1.04. The molecule has 1 spiro atoms. The van der Waals surface area contributed by atoms with Crippen molar-refractivity contribution in [2.24, 2.45) is 11.8 Å². The first-order valence-electron chi connectivity index (χ1n) is 15.6. The summed E-state index contributed by atoms with van der Waals surface area (Å²) in [4.78, 5) is 58.3. The van der Waals surface area contributed by atoms with Gasteiger partial charge in [0.25, 0.3) is 0 Å². The number of nitrogens with zero attached hydrogens (tertiary/aromatic N) is 2. The van der Waals surface area contributed by atoms with Gasteiger partial charge in [-0.2, -0.15) is 0 Å². The summed E-state index contributed by atoms with van der Waals surface area (Å²) in [5.74, 6) is -3.20. The molecular weight excluding hydrogens is 562 g/mol. The SMILES string of the molecule is C=CCCC(=O)N[C@H](C)[C@@H](OC(=O)[C@@H]1[C@@H]2CC[C@]3(O2)[C@H](C(=O)N(CC=C)C(C)(C)C)N(CCCO)C(=O)[C@@H]13)c1ccccc1. The Morgan fingerprint density at radius 2 is 1.93 bits per heavy atom. The molecule has 3 amide bonds. The highest BCUT2D eigenvalue weighted by atomic mass is 16.6. The number of carbonyl (C=O) groups is 4. The second kappa shape index (κ2) is 13.6. The van der Waals surface area contributed by atoms with Gasteiger partial charge in [0.05, 0.1) is 24.0 Å². The summed E-state index contributed by atoms with van der Waals surface area (Å²) < 4.78 is 12.7. The lowest BCUT2D eigenvalue weighted by Crippen LogP contribution is -2.60. The van der Waals surface area contributed by atoms with E-state index in [4.69, 9.17) is 9.47 Å². The van der Waals surface area contributed by atoms with Crippen molar-refractivity contribution in [2.75, 3.05) is 19.7 Å². The molecule has 0 aliphatic carbocycles. The molecule has 3 saturated heterocycles. The third-order valence-electron chi connectivity index (χ3n) is 9.04. The molecule has 240 valence electrons. The Morgan fingerprint density at radius 3 is 2.55 bits per heavy atom. The van der Waals surface area contributed by atoms with Crippen molar-refractivity contribution in [2.45, 2.75) is 95.2 Å². The molecule has 2 bridgehead atoms. The molecule has 3 fully saturated rings. The fourth-order valence-electron chi connectivity index (χ4n) is 7.09. The Balaban J connectivity index is 1.66. The first-order valence-corrected chi connectivity index (χ1v) is 15.6. The van der Waals surface area contributed by atoms with E-state index >= 15 is 0 Å². The molecule has 0 saturated carbocycles. The van der Waals surface area contributed by atoms with Crippen molar-refractivity contribution in [3.05, 3.63) is 61.2 Å². The van der Waals surface area contributed by atoms with E-state index in [1.807, 2.05) is 51.1 Å². The third-order valence-corrected chi connectivity index (χ3v) is 9.04. The number of benzene rings is 1. The summed E-state index contributed by atoms with van der Waals surface area (Å²) in [6.45, 7) is 15.3. The Labute approximate surface area is 260 Å². The van der Waals surface area contributed by atoms with Crippen LogP contribution in [0.25, 0.3) is 0 Å². The van der Waals surface area contributed by atoms with E-state index in [1.54, 1.807) is 24.0 Å². The van der Waals surface area contributed by atoms with Gasteiger partial charge >= 0.3 is 5.97 Å². The van der Waals surface area contributed by atoms with Crippen molar-refractivity contribution in [3.63, 3.8) is 0 Å². The maximum atomic E-state index is 14.3. The van der Waals surface area contributed by atoms with Crippen molar-refractivity contribution in [1.82, 2.24) is 15.1 Å². The molecule has 4 rings (SSSR count). The molecule has 3 aliphatic rings. The van der Waals surface area contributed by atoms with Crippen LogP contribution < -0.4 is 5.32 Å². The molecule has 7 atom stereocenters. The van der Waals surface area contributed by atoms with E-state index < -0.39 is 53.2 Å². The van der Waals surface area contributed by atoms with Crippen molar-refractivity contribution >= 4 is 23.7 Å². The number of hydrogen-bond acceptors (Lipinski definition) is 7. The fraction of sp³-hybridized carbons (Fsp3) is 0.588. The summed E-state index contributed by atoms with van der Waals surface area (Å²) in [6, 6.07) is 7.68. The Hall–Kier alpha value is -3.50. The highest BCUT2D eigenvalue weighted by molar-refractivity contribution is 5.98. The Morgan fingerprint density at radius 1 is 1.23 bits per heavy atom. The number of hydrogen-bond donors (Lipinski definition) is 2. The second-order valence-corrected chi connectivity index (χ2v) is 13.0. The number of aliphatic hydroxyl groups is 1. The number of likely N-dealkylation sites (tertiary alicyclic amines) is 1. The van der Waals surface area contributed by atoms with Crippen LogP contribution in [0.2, 0.25) is 0 Å². The van der Waals surface area contributed by atoms with Gasteiger partial charge in [0.2, 0.25) is 17.7 Å². The molecule has 0 radical (unpaired) electrons. The van der Waals surface area contributed by atoms with Crippen molar-refractivity contribution < 1.29 is 33.8 Å². The third kappa shape index (κ3) is 6.33. The predicted octanol–water partition coefficient (Wildman–Crippen LogP) is 3.31. The van der Waals surface area contributed by atoms with Gasteiger partial charge < -0.3 is 29.7 Å². The highest BCUT2D eigenvalue weighted by Crippen LogP contribution is 2.59. The molecule has 10 heteroatoms. The molecule has 3 heterocycles. The van der Waals surface area contributed by atoms with E-state index in [1.165, 1.54) is 4.90 Å². The van der Waals surface area contributed by atoms with Crippen molar-refractivity contribution in [1.29, 1.82) is 0 Å². The number of amides is 3. The van der Waals surface area contributed by atoms with Gasteiger partial charge in [-0.25, -0.2) is 0 Å². The van der Waals surface area contributed by atoms with Crippen LogP contribution in [0.15, 0.2) is 55.6 Å². The van der Waals surface area contributed by atoms with Crippen LogP contribution in [0.1, 0.15) is 71.5 Å². The van der Waals surface area contributed by atoms with Crippen LogP contribution in [0, 0.1) is 11.8 Å². The quantitative estimate of drug-likeness (QED) is 0.245. The monoisotopic (exact) mass is 609 g/mol. The average Bonchev–Trinajstić information content (AvgIpc) is 3.63. The van der Waals surface area contributed by atoms with Gasteiger partial charge in [-0.05, 0) is 58.9 Å². The normalized spacial score (nSPS) is 26.9. The zero-order valence-electron chi connectivity index (χ0n) is 26.4. The van der Waals surface area contributed by atoms with Gasteiger partial charge in [-0.3, -0.25) is 19.2 Å². The second-order valence-electron chi connectivity index (χ2n) is 13.0. The van der Waals surface area contributed by atoms with E-state index in [-0.39, 0.29) is 50.3 Å². The molecule has 1 aromatic carbocycles. The summed E-state index contributed by atoms with van der Waals surface area (Å²) >= 11 is 0. The largest absolute Gasteiger partial charge is 0.455 e. The molecule has 1 aromatic rings. The molecule has 10 nitrogen and oxygen atoms in total. The number of aliphatic hydroxyl groups excluding tert-OH is 1. The van der Waals surface area contributed by atoms with Gasteiger partial charge in [-0.15, -0.1) is 13.2 Å². The molecular formula is C34H47N3O7. The van der Waals surface area contributed by atoms with Gasteiger partial charge in [0, 0.05) is 31.7 Å². The minimum Gasteiger partial charge on any atom is -0.455 e. The fourth-order valence-corrected chi connectivity index (χ4v) is 7.09. The minimum atomic E-state index is -1.19. The predicted molar refractivity (Wildman–Crippen MR) is 165 cm³/mol. The lowest BCUT2D eigenvalue weighted by Gasteiger charge is -2.42. The standard InChI is InChI=1S/C34H47N3O7/c1-7-9-16-25(39)35-22(3)28(23-14-11-10-12-15-23)43-32(42)26-24-17-18-34(44-24)27(26)30(40)36(20-13-21-38)29(34)31(41)37(19-8-2)33(4,5)6/h7-8,10-12,14-15,22,24,26-29,38H,1-2,9,13,16-21H2,3-6H3,(H,35,39)/t22-,24+,26-,27-,28-,29+,34-/m1/s1. The van der Waals surface area contributed by atoms with Gasteiger partial charge in [0.1, 0.15) is 17.7 Å². The van der Waals surface area contributed by atoms with Crippen LogP contribution >= 0.6 is 0 Å². The summed E-state index contributed by atoms with van der Waals surface area (Å²) in [6.07, 6.45) is 3.95. The Kier molecular flexibility index (Phi) is 10.4. The van der Waals surface area contributed by atoms with E-state index in [2.05, 4.69) is 18.5 Å². The molecule has 3 aliphatic heterocycles. The van der Waals surface area contributed by atoms with Crippen LogP contribution in [0.3, 0.4) is 0 Å².